The predicted octanol–water partition coefficient (Wildman–Crippen LogP) is 7.43. The first kappa shape index (κ1) is 29.4. The Bertz CT molecular complexity index is 1190. The smallest absolute Gasteiger partial charge is 0.243 e. The van der Waals surface area contributed by atoms with Crippen molar-refractivity contribution in [1.29, 1.82) is 0 Å². The molecule has 3 aromatic carbocycles. The largest absolute Gasteiger partial charge is 0.352 e. The van der Waals surface area contributed by atoms with E-state index in [0.717, 1.165) is 23.1 Å². The van der Waals surface area contributed by atoms with Crippen molar-refractivity contribution in [3.63, 3.8) is 0 Å². The molecule has 2 atom stereocenters. The normalized spacial score (nSPS) is 12.6. The van der Waals surface area contributed by atoms with Crippen molar-refractivity contribution in [2.75, 3.05) is 5.75 Å². The maximum Gasteiger partial charge on any atom is 0.243 e. The van der Waals surface area contributed by atoms with Crippen LogP contribution in [0.25, 0.3) is 0 Å². The second kappa shape index (κ2) is 14.7. The lowest BCUT2D eigenvalue weighted by molar-refractivity contribution is -0.139. The van der Waals surface area contributed by atoms with Crippen molar-refractivity contribution in [1.82, 2.24) is 10.2 Å². The lowest BCUT2D eigenvalue weighted by Gasteiger charge is -2.32. The van der Waals surface area contributed by atoms with Gasteiger partial charge in [-0.2, -0.15) is 0 Å². The van der Waals surface area contributed by atoms with Crippen LogP contribution >= 0.6 is 46.6 Å². The minimum absolute atomic E-state index is 0.00192. The summed E-state index contributed by atoms with van der Waals surface area (Å²) in [6, 6.07) is 21.9. The van der Waals surface area contributed by atoms with E-state index in [2.05, 4.69) is 5.32 Å². The van der Waals surface area contributed by atoms with E-state index >= 15 is 0 Å². The topological polar surface area (TPSA) is 49.4 Å². The molecule has 2 unspecified atom stereocenters. The van der Waals surface area contributed by atoms with Crippen molar-refractivity contribution in [3.8, 4) is 0 Å². The Morgan fingerprint density at radius 2 is 1.62 bits per heavy atom. The van der Waals surface area contributed by atoms with Gasteiger partial charge in [-0.05, 0) is 54.3 Å². The number of hydrogen-bond acceptors (Lipinski definition) is 3. The highest BCUT2D eigenvalue weighted by atomic mass is 35.5. The first-order valence-corrected chi connectivity index (χ1v) is 14.5. The molecule has 1 N–H and O–H groups in total. The van der Waals surface area contributed by atoms with Crippen LogP contribution in [-0.4, -0.2) is 34.6 Å². The van der Waals surface area contributed by atoms with Gasteiger partial charge in [-0.25, -0.2) is 0 Å². The highest BCUT2D eigenvalue weighted by Crippen LogP contribution is 2.25. The second-order valence-corrected chi connectivity index (χ2v) is 11.2. The average molecular weight is 578 g/mol. The van der Waals surface area contributed by atoms with Crippen molar-refractivity contribution in [3.05, 3.63) is 105 Å². The highest BCUT2D eigenvalue weighted by molar-refractivity contribution is 7.99. The fraction of sp³-hybridized carbons (Fsp3) is 0.310. The molecule has 0 fully saturated rings. The molecule has 0 aromatic heterocycles. The van der Waals surface area contributed by atoms with E-state index in [4.69, 9.17) is 34.8 Å². The number of carbonyl (C=O) groups excluding carboxylic acids is 2. The van der Waals surface area contributed by atoms with E-state index < -0.39 is 6.04 Å². The molecule has 3 rings (SSSR count). The third-order valence-corrected chi connectivity index (χ3v) is 7.96. The summed E-state index contributed by atoms with van der Waals surface area (Å²) < 4.78 is 0. The van der Waals surface area contributed by atoms with Crippen LogP contribution in [0.1, 0.15) is 37.0 Å². The molecular formula is C29H31Cl3N2O2S. The van der Waals surface area contributed by atoms with Crippen LogP contribution < -0.4 is 5.32 Å². The van der Waals surface area contributed by atoms with Gasteiger partial charge in [0.15, 0.2) is 0 Å². The van der Waals surface area contributed by atoms with Crippen molar-refractivity contribution >= 4 is 58.4 Å². The van der Waals surface area contributed by atoms with Crippen molar-refractivity contribution in [2.24, 2.45) is 0 Å². The van der Waals surface area contributed by atoms with Crippen LogP contribution in [0.4, 0.5) is 0 Å². The van der Waals surface area contributed by atoms with Crippen LogP contribution in [-0.2, 0) is 28.3 Å². The Hall–Kier alpha value is -2.18. The van der Waals surface area contributed by atoms with Gasteiger partial charge in [0.25, 0.3) is 0 Å². The summed E-state index contributed by atoms with van der Waals surface area (Å²) in [7, 11) is 0. The predicted molar refractivity (Wildman–Crippen MR) is 156 cm³/mol. The zero-order chi connectivity index (χ0) is 26.8. The molecule has 0 radical (unpaired) electrons. The monoisotopic (exact) mass is 576 g/mol. The van der Waals surface area contributed by atoms with E-state index in [1.54, 1.807) is 17.0 Å². The summed E-state index contributed by atoms with van der Waals surface area (Å²) in [5.41, 5.74) is 2.83. The molecule has 0 heterocycles. The van der Waals surface area contributed by atoms with Gasteiger partial charge < -0.3 is 10.2 Å². The Morgan fingerprint density at radius 1 is 0.892 bits per heavy atom. The Balaban J connectivity index is 1.85. The number of nitrogens with zero attached hydrogens (tertiary/aromatic N) is 1. The molecule has 196 valence electrons. The van der Waals surface area contributed by atoms with E-state index in [1.807, 2.05) is 74.5 Å². The van der Waals surface area contributed by atoms with E-state index in [9.17, 15) is 9.59 Å². The lowest BCUT2D eigenvalue weighted by Crippen LogP contribution is -2.52. The first-order valence-electron chi connectivity index (χ1n) is 12.2. The third kappa shape index (κ3) is 9.26. The number of nitrogens with one attached hydrogen (secondary N) is 1. The summed E-state index contributed by atoms with van der Waals surface area (Å²) in [4.78, 5) is 28.9. The zero-order valence-electron chi connectivity index (χ0n) is 20.9. The fourth-order valence-electron chi connectivity index (χ4n) is 3.80. The lowest BCUT2D eigenvalue weighted by atomic mass is 10.0. The summed E-state index contributed by atoms with van der Waals surface area (Å²) in [5.74, 6) is 0.520. The minimum Gasteiger partial charge on any atom is -0.352 e. The Kier molecular flexibility index (Phi) is 11.7. The number of rotatable bonds is 12. The Labute approximate surface area is 238 Å². The fourth-order valence-corrected chi connectivity index (χ4v) is 5.19. The molecule has 2 amide bonds. The molecule has 0 bridgehead atoms. The maximum absolute atomic E-state index is 13.7. The summed E-state index contributed by atoms with van der Waals surface area (Å²) in [6.07, 6.45) is 1.21. The van der Waals surface area contributed by atoms with Crippen LogP contribution in [0.2, 0.25) is 15.1 Å². The van der Waals surface area contributed by atoms with Crippen LogP contribution in [0.5, 0.6) is 0 Å². The van der Waals surface area contributed by atoms with Gasteiger partial charge in [0.05, 0.1) is 15.8 Å². The van der Waals surface area contributed by atoms with Gasteiger partial charge in [0.2, 0.25) is 11.8 Å². The zero-order valence-corrected chi connectivity index (χ0v) is 24.0. The van der Waals surface area contributed by atoms with Crippen LogP contribution in [0, 0.1) is 0 Å². The van der Waals surface area contributed by atoms with Gasteiger partial charge in [-0.15, -0.1) is 11.8 Å². The van der Waals surface area contributed by atoms with Gasteiger partial charge in [0, 0.05) is 29.8 Å². The standard InChI is InChI=1S/C29H31Cl3N2O2S/c1-3-20(2)33-29(36)27(16-21-8-5-4-6-9-21)34(17-22-10-7-11-24(30)14-22)28(35)19-37-18-23-12-13-25(31)26(32)15-23/h4-15,20,27H,3,16-19H2,1-2H3,(H,33,36). The summed E-state index contributed by atoms with van der Waals surface area (Å²) >= 11 is 19.9. The number of hydrogen-bond donors (Lipinski definition) is 1. The molecule has 8 heteroatoms. The molecule has 3 aromatic rings. The third-order valence-electron chi connectivity index (χ3n) is 5.99. The highest BCUT2D eigenvalue weighted by Gasteiger charge is 2.31. The molecule has 0 saturated heterocycles. The summed E-state index contributed by atoms with van der Waals surface area (Å²) in [6.45, 7) is 4.26. The Morgan fingerprint density at radius 3 is 2.30 bits per heavy atom. The molecule has 0 aliphatic carbocycles. The van der Waals surface area contributed by atoms with Crippen molar-refractivity contribution < 1.29 is 9.59 Å². The molecule has 0 saturated carbocycles. The number of halogens is 3. The number of thioether (sulfide) groups is 1. The molecule has 0 aliphatic rings. The van der Waals surface area contributed by atoms with Crippen LogP contribution in [0.15, 0.2) is 72.8 Å². The minimum atomic E-state index is -0.673. The molecular weight excluding hydrogens is 547 g/mol. The quantitative estimate of drug-likeness (QED) is 0.243. The molecule has 4 nitrogen and oxygen atoms in total. The number of benzene rings is 3. The maximum atomic E-state index is 13.7. The molecule has 37 heavy (non-hydrogen) atoms. The summed E-state index contributed by atoms with van der Waals surface area (Å²) in [5, 5.41) is 4.65. The van der Waals surface area contributed by atoms with Gasteiger partial charge in [-0.3, -0.25) is 9.59 Å². The number of carbonyl (C=O) groups is 2. The molecule has 0 aliphatic heterocycles. The van der Waals surface area contributed by atoms with E-state index in [0.29, 0.717) is 27.2 Å². The molecule has 0 spiro atoms. The van der Waals surface area contributed by atoms with E-state index in [-0.39, 0.29) is 30.2 Å². The van der Waals surface area contributed by atoms with Crippen molar-refractivity contribution in [2.45, 2.75) is 51.1 Å². The van der Waals surface area contributed by atoms with Gasteiger partial charge in [0.1, 0.15) is 6.04 Å². The SMILES string of the molecule is CCC(C)NC(=O)C(Cc1ccccc1)N(Cc1cccc(Cl)c1)C(=O)CSCc1ccc(Cl)c(Cl)c1. The van der Waals surface area contributed by atoms with Gasteiger partial charge in [-0.1, -0.05) is 90.3 Å². The number of amides is 2. The second-order valence-electron chi connectivity index (χ2n) is 8.92. The van der Waals surface area contributed by atoms with E-state index in [1.165, 1.54) is 11.8 Å². The first-order chi connectivity index (χ1) is 17.8. The van der Waals surface area contributed by atoms with Gasteiger partial charge >= 0.3 is 0 Å². The average Bonchev–Trinajstić information content (AvgIpc) is 2.88. The van der Waals surface area contributed by atoms with Crippen LogP contribution in [0.3, 0.4) is 0 Å².